The molecule has 0 bridgehead atoms. The van der Waals surface area contributed by atoms with Gasteiger partial charge in [-0.2, -0.15) is 0 Å². The van der Waals surface area contributed by atoms with Crippen molar-refractivity contribution < 1.29 is 13.9 Å². The van der Waals surface area contributed by atoms with Crippen LogP contribution in [-0.2, 0) is 11.3 Å². The van der Waals surface area contributed by atoms with E-state index in [1.165, 1.54) is 17.7 Å². The lowest BCUT2D eigenvalue weighted by atomic mass is 9.88. The largest absolute Gasteiger partial charge is 0.487 e. The lowest BCUT2D eigenvalue weighted by Crippen LogP contribution is -2.46. The maximum atomic E-state index is 13.2. The highest BCUT2D eigenvalue weighted by Gasteiger charge is 2.36. The molecule has 0 unspecified atom stereocenters. The molecule has 5 heteroatoms. The van der Waals surface area contributed by atoms with Gasteiger partial charge in [0.25, 0.3) is 0 Å². The first kappa shape index (κ1) is 20.9. The number of carbonyl (C=O) groups is 1. The summed E-state index contributed by atoms with van der Waals surface area (Å²) in [6, 6.07) is 12.8. The molecular weight excluding hydrogens is 379 g/mol. The van der Waals surface area contributed by atoms with Crippen LogP contribution in [0.5, 0.6) is 5.75 Å². The van der Waals surface area contributed by atoms with Crippen molar-refractivity contribution in [2.45, 2.75) is 58.2 Å². The second-order valence-corrected chi connectivity index (χ2v) is 9.37. The zero-order valence-electron chi connectivity index (χ0n) is 18.1. The van der Waals surface area contributed by atoms with Gasteiger partial charge in [0.1, 0.15) is 17.2 Å². The maximum Gasteiger partial charge on any atom is 0.224 e. The molecule has 2 heterocycles. The van der Waals surface area contributed by atoms with E-state index >= 15 is 0 Å². The molecule has 30 heavy (non-hydrogen) atoms. The first-order chi connectivity index (χ1) is 14.3. The van der Waals surface area contributed by atoms with E-state index < -0.39 is 0 Å². The minimum Gasteiger partial charge on any atom is -0.487 e. The number of hydrogen-bond donors (Lipinski definition) is 1. The Morgan fingerprint density at radius 2 is 2.00 bits per heavy atom. The first-order valence-corrected chi connectivity index (χ1v) is 10.9. The van der Waals surface area contributed by atoms with E-state index in [0.29, 0.717) is 0 Å². The Morgan fingerprint density at radius 1 is 1.23 bits per heavy atom. The number of aryl methyl sites for hydroxylation is 1. The third-order valence-corrected chi connectivity index (χ3v) is 6.13. The summed E-state index contributed by atoms with van der Waals surface area (Å²) in [7, 11) is 0. The Bertz CT molecular complexity index is 910. The third kappa shape index (κ3) is 4.84. The minimum absolute atomic E-state index is 0.0292. The Balaban J connectivity index is 1.43. The monoisotopic (exact) mass is 410 g/mol. The van der Waals surface area contributed by atoms with Crippen LogP contribution < -0.4 is 10.1 Å². The standard InChI is InChI=1S/C25H31FN2O2/c1-17-6-11-23-21(13-17)22(14-25(2,3)30-23)27-24(29)19-5-4-12-28(16-19)15-18-7-9-20(26)10-8-18/h6-11,13,19,22H,4-5,12,14-16H2,1-3H3,(H,27,29)/t19-,22+/m0/s1. The van der Waals surface area contributed by atoms with Crippen LogP contribution in [0.4, 0.5) is 4.39 Å². The molecule has 4 nitrogen and oxygen atoms in total. The SMILES string of the molecule is Cc1ccc2c(c1)[C@H](NC(=O)[C@H]1CCCN(Cc3ccc(F)cc3)C1)CC(C)(C)O2. The van der Waals surface area contributed by atoms with E-state index in [1.54, 1.807) is 0 Å². The van der Waals surface area contributed by atoms with E-state index in [0.717, 1.165) is 55.8 Å². The number of carbonyl (C=O) groups excluding carboxylic acids is 1. The van der Waals surface area contributed by atoms with Crippen molar-refractivity contribution in [1.82, 2.24) is 10.2 Å². The quantitative estimate of drug-likeness (QED) is 0.790. The molecule has 0 spiro atoms. The first-order valence-electron chi connectivity index (χ1n) is 10.9. The molecule has 2 aromatic rings. The maximum absolute atomic E-state index is 13.2. The normalized spacial score (nSPS) is 23.3. The summed E-state index contributed by atoms with van der Waals surface area (Å²) in [6.07, 6.45) is 2.65. The highest BCUT2D eigenvalue weighted by molar-refractivity contribution is 5.79. The highest BCUT2D eigenvalue weighted by atomic mass is 19.1. The summed E-state index contributed by atoms with van der Waals surface area (Å²) in [5, 5.41) is 3.32. The second-order valence-electron chi connectivity index (χ2n) is 9.37. The molecule has 0 radical (unpaired) electrons. The van der Waals surface area contributed by atoms with Crippen LogP contribution in [0.15, 0.2) is 42.5 Å². The fourth-order valence-electron chi connectivity index (χ4n) is 4.65. The van der Waals surface area contributed by atoms with E-state index in [9.17, 15) is 9.18 Å². The zero-order chi connectivity index (χ0) is 21.3. The minimum atomic E-state index is -0.318. The third-order valence-electron chi connectivity index (χ3n) is 6.13. The Hall–Kier alpha value is -2.40. The highest BCUT2D eigenvalue weighted by Crippen LogP contribution is 2.40. The van der Waals surface area contributed by atoms with Gasteiger partial charge in [0, 0.05) is 25.1 Å². The number of ether oxygens (including phenoxy) is 1. The molecule has 1 saturated heterocycles. The van der Waals surface area contributed by atoms with Crippen LogP contribution >= 0.6 is 0 Å². The number of amides is 1. The van der Waals surface area contributed by atoms with Crippen molar-refractivity contribution in [1.29, 1.82) is 0 Å². The predicted octanol–water partition coefficient (Wildman–Crippen LogP) is 4.76. The molecule has 1 amide bonds. The summed E-state index contributed by atoms with van der Waals surface area (Å²) >= 11 is 0. The summed E-state index contributed by atoms with van der Waals surface area (Å²) in [5.41, 5.74) is 3.00. The number of benzene rings is 2. The number of nitrogens with zero attached hydrogens (tertiary/aromatic N) is 1. The van der Waals surface area contributed by atoms with E-state index in [2.05, 4.69) is 37.1 Å². The van der Waals surface area contributed by atoms with Gasteiger partial charge in [-0.25, -0.2) is 4.39 Å². The van der Waals surface area contributed by atoms with Crippen molar-refractivity contribution >= 4 is 5.91 Å². The summed E-state index contributed by atoms with van der Waals surface area (Å²) in [6.45, 7) is 8.65. The smallest absolute Gasteiger partial charge is 0.224 e. The molecule has 0 saturated carbocycles. The van der Waals surface area contributed by atoms with Gasteiger partial charge in [-0.15, -0.1) is 0 Å². The lowest BCUT2D eigenvalue weighted by Gasteiger charge is -2.39. The molecule has 2 aliphatic rings. The Morgan fingerprint density at radius 3 is 2.77 bits per heavy atom. The molecule has 2 aromatic carbocycles. The topological polar surface area (TPSA) is 41.6 Å². The van der Waals surface area contributed by atoms with Crippen LogP contribution in [0.3, 0.4) is 0 Å². The van der Waals surface area contributed by atoms with Crippen LogP contribution in [0.1, 0.15) is 55.8 Å². The molecule has 0 aliphatic carbocycles. The summed E-state index contributed by atoms with van der Waals surface area (Å²) < 4.78 is 19.3. The van der Waals surface area contributed by atoms with Gasteiger partial charge in [0.2, 0.25) is 5.91 Å². The molecule has 1 N–H and O–H groups in total. The second kappa shape index (κ2) is 8.38. The number of piperidine rings is 1. The molecule has 0 aromatic heterocycles. The average Bonchev–Trinajstić information content (AvgIpc) is 2.70. The number of likely N-dealkylation sites (tertiary alicyclic amines) is 1. The number of nitrogens with one attached hydrogen (secondary N) is 1. The fourth-order valence-corrected chi connectivity index (χ4v) is 4.65. The predicted molar refractivity (Wildman–Crippen MR) is 116 cm³/mol. The van der Waals surface area contributed by atoms with Gasteiger partial charge in [-0.1, -0.05) is 29.8 Å². The average molecular weight is 411 g/mol. The summed E-state index contributed by atoms with van der Waals surface area (Å²) in [4.78, 5) is 15.5. The molecule has 160 valence electrons. The van der Waals surface area contributed by atoms with E-state index in [4.69, 9.17) is 4.74 Å². The van der Waals surface area contributed by atoms with Crippen molar-refractivity contribution in [3.05, 3.63) is 65.0 Å². The molecular formula is C25H31FN2O2. The molecule has 4 rings (SSSR count). The van der Waals surface area contributed by atoms with Gasteiger partial charge >= 0.3 is 0 Å². The number of rotatable bonds is 4. The van der Waals surface area contributed by atoms with Gasteiger partial charge < -0.3 is 10.1 Å². The lowest BCUT2D eigenvalue weighted by molar-refractivity contribution is -0.128. The molecule has 2 atom stereocenters. The fraction of sp³-hybridized carbons (Fsp3) is 0.480. The van der Waals surface area contributed by atoms with Crippen LogP contribution in [0.2, 0.25) is 0 Å². The van der Waals surface area contributed by atoms with Gasteiger partial charge in [-0.3, -0.25) is 9.69 Å². The Labute approximate surface area is 178 Å². The van der Waals surface area contributed by atoms with Crippen LogP contribution in [0, 0.1) is 18.7 Å². The van der Waals surface area contributed by atoms with Crippen LogP contribution in [-0.4, -0.2) is 29.5 Å². The molecule has 1 fully saturated rings. The van der Waals surface area contributed by atoms with E-state index in [1.807, 2.05) is 24.3 Å². The van der Waals surface area contributed by atoms with Crippen molar-refractivity contribution in [2.75, 3.05) is 13.1 Å². The van der Waals surface area contributed by atoms with Gasteiger partial charge in [0.05, 0.1) is 12.0 Å². The van der Waals surface area contributed by atoms with Crippen molar-refractivity contribution in [3.63, 3.8) is 0 Å². The Kier molecular flexibility index (Phi) is 5.83. The van der Waals surface area contributed by atoms with Crippen molar-refractivity contribution in [3.8, 4) is 5.75 Å². The number of halogens is 1. The number of fused-ring (bicyclic) bond motifs is 1. The van der Waals surface area contributed by atoms with Crippen LogP contribution in [0.25, 0.3) is 0 Å². The molecule has 2 aliphatic heterocycles. The van der Waals surface area contributed by atoms with Gasteiger partial charge in [-0.05, 0) is 63.9 Å². The van der Waals surface area contributed by atoms with Gasteiger partial charge in [0.15, 0.2) is 0 Å². The summed E-state index contributed by atoms with van der Waals surface area (Å²) in [5.74, 6) is 0.737. The van der Waals surface area contributed by atoms with E-state index in [-0.39, 0.29) is 29.3 Å². The number of hydrogen-bond acceptors (Lipinski definition) is 3. The zero-order valence-corrected chi connectivity index (χ0v) is 18.1. The van der Waals surface area contributed by atoms with Crippen molar-refractivity contribution in [2.24, 2.45) is 5.92 Å².